The Morgan fingerprint density at radius 3 is 1.91 bits per heavy atom. The van der Waals surface area contributed by atoms with E-state index in [0.29, 0.717) is 11.4 Å². The van der Waals surface area contributed by atoms with Crippen LogP contribution in [0.3, 0.4) is 0 Å². The molecule has 0 unspecified atom stereocenters. The number of pyridine rings is 1. The number of rotatable bonds is 9. The number of esters is 1. The Morgan fingerprint density at radius 2 is 1.37 bits per heavy atom. The SMILES string of the molecule is CCOC(=O)c1cc2c(Oc3cccc(C(F)(F)F)c3)nc(Oc3cccc(C(F)(F)F)c3)cc2n1-c1ccc(OC(C)C)cc1. The summed E-state index contributed by atoms with van der Waals surface area (Å²) in [5, 5.41) is 0.180. The Kier molecular flexibility index (Phi) is 8.86. The Morgan fingerprint density at radius 1 is 0.783 bits per heavy atom. The Bertz CT molecular complexity index is 1860. The van der Waals surface area contributed by atoms with E-state index < -0.39 is 29.4 Å². The van der Waals surface area contributed by atoms with Crippen LogP contribution < -0.4 is 14.2 Å². The van der Waals surface area contributed by atoms with Crippen molar-refractivity contribution in [2.45, 2.75) is 39.2 Å². The molecule has 46 heavy (non-hydrogen) atoms. The minimum Gasteiger partial charge on any atom is -0.491 e. The van der Waals surface area contributed by atoms with Gasteiger partial charge in [-0.25, -0.2) is 4.79 Å². The second-order valence-electron chi connectivity index (χ2n) is 10.2. The van der Waals surface area contributed by atoms with Gasteiger partial charge in [-0.1, -0.05) is 12.1 Å². The van der Waals surface area contributed by atoms with Gasteiger partial charge in [0.1, 0.15) is 22.9 Å². The molecule has 0 aliphatic heterocycles. The van der Waals surface area contributed by atoms with Crippen LogP contribution in [0.5, 0.6) is 29.0 Å². The number of halogens is 6. The third-order valence-corrected chi connectivity index (χ3v) is 6.45. The minimum absolute atomic E-state index is 0.0151. The van der Waals surface area contributed by atoms with Crippen molar-refractivity contribution in [3.63, 3.8) is 0 Å². The minimum atomic E-state index is -4.66. The molecule has 5 aromatic rings. The van der Waals surface area contributed by atoms with Gasteiger partial charge in [-0.15, -0.1) is 0 Å². The van der Waals surface area contributed by atoms with E-state index in [0.717, 1.165) is 36.4 Å². The summed E-state index contributed by atoms with van der Waals surface area (Å²) >= 11 is 0. The molecule has 0 saturated heterocycles. The lowest BCUT2D eigenvalue weighted by Crippen LogP contribution is -2.11. The molecule has 0 atom stereocenters. The number of ether oxygens (including phenoxy) is 4. The van der Waals surface area contributed by atoms with Crippen LogP contribution >= 0.6 is 0 Å². The first-order valence-electron chi connectivity index (χ1n) is 13.9. The fourth-order valence-corrected chi connectivity index (χ4v) is 4.56. The van der Waals surface area contributed by atoms with E-state index in [1.165, 1.54) is 28.8 Å². The van der Waals surface area contributed by atoms with Crippen molar-refractivity contribution in [3.05, 3.63) is 102 Å². The molecular weight excluding hydrogens is 618 g/mol. The lowest BCUT2D eigenvalue weighted by Gasteiger charge is -2.15. The number of hydrogen-bond donors (Lipinski definition) is 0. The predicted octanol–water partition coefficient (Wildman–Crippen LogP) is 9.61. The number of nitrogens with zero attached hydrogens (tertiary/aromatic N) is 2. The molecule has 0 amide bonds. The fourth-order valence-electron chi connectivity index (χ4n) is 4.56. The summed E-state index contributed by atoms with van der Waals surface area (Å²) in [4.78, 5) is 17.4. The molecule has 0 radical (unpaired) electrons. The Balaban J connectivity index is 1.71. The fraction of sp³-hybridized carbons (Fsp3) is 0.212. The number of aromatic nitrogens is 2. The molecule has 0 aliphatic carbocycles. The van der Waals surface area contributed by atoms with Crippen LogP contribution in [0.2, 0.25) is 0 Å². The molecular formula is C33H26F6N2O5. The van der Waals surface area contributed by atoms with Gasteiger partial charge in [0.05, 0.1) is 34.7 Å². The van der Waals surface area contributed by atoms with Crippen molar-refractivity contribution in [1.82, 2.24) is 9.55 Å². The van der Waals surface area contributed by atoms with Crippen LogP contribution in [0.15, 0.2) is 84.9 Å². The first-order valence-corrected chi connectivity index (χ1v) is 13.9. The van der Waals surface area contributed by atoms with Crippen LogP contribution in [0.4, 0.5) is 26.3 Å². The highest BCUT2D eigenvalue weighted by molar-refractivity contribution is 5.99. The molecule has 3 aromatic carbocycles. The quantitative estimate of drug-likeness (QED) is 0.118. The maximum absolute atomic E-state index is 13.5. The molecule has 240 valence electrons. The molecule has 7 nitrogen and oxygen atoms in total. The molecule has 0 aliphatic rings. The van der Waals surface area contributed by atoms with Gasteiger partial charge in [0.2, 0.25) is 11.8 Å². The molecule has 0 fully saturated rings. The molecule has 13 heteroatoms. The second-order valence-corrected chi connectivity index (χ2v) is 10.2. The molecule has 0 N–H and O–H groups in total. The monoisotopic (exact) mass is 644 g/mol. The highest BCUT2D eigenvalue weighted by Crippen LogP contribution is 2.39. The van der Waals surface area contributed by atoms with Crippen LogP contribution in [0, 0.1) is 0 Å². The van der Waals surface area contributed by atoms with Gasteiger partial charge in [0, 0.05) is 11.8 Å². The lowest BCUT2D eigenvalue weighted by molar-refractivity contribution is -0.138. The number of hydrogen-bond acceptors (Lipinski definition) is 6. The molecule has 2 heterocycles. The van der Waals surface area contributed by atoms with Gasteiger partial charge >= 0.3 is 18.3 Å². The summed E-state index contributed by atoms with van der Waals surface area (Å²) < 4.78 is 105. The van der Waals surface area contributed by atoms with Gasteiger partial charge in [0.25, 0.3) is 0 Å². The Labute approximate surface area is 258 Å². The number of fused-ring (bicyclic) bond motifs is 1. The highest BCUT2D eigenvalue weighted by atomic mass is 19.4. The summed E-state index contributed by atoms with van der Waals surface area (Å²) in [7, 11) is 0. The maximum Gasteiger partial charge on any atom is 0.416 e. The largest absolute Gasteiger partial charge is 0.491 e. The summed E-state index contributed by atoms with van der Waals surface area (Å²) in [6.07, 6.45) is -9.42. The van der Waals surface area contributed by atoms with Gasteiger partial charge in [-0.3, -0.25) is 0 Å². The maximum atomic E-state index is 13.5. The van der Waals surface area contributed by atoms with Gasteiger partial charge in [0.15, 0.2) is 0 Å². The third-order valence-electron chi connectivity index (χ3n) is 6.45. The van der Waals surface area contributed by atoms with E-state index in [4.69, 9.17) is 18.9 Å². The zero-order valence-corrected chi connectivity index (χ0v) is 24.6. The normalized spacial score (nSPS) is 12.0. The predicted molar refractivity (Wildman–Crippen MR) is 156 cm³/mol. The van der Waals surface area contributed by atoms with Gasteiger partial charge < -0.3 is 23.5 Å². The van der Waals surface area contributed by atoms with Crippen LogP contribution in [-0.4, -0.2) is 28.2 Å². The highest BCUT2D eigenvalue weighted by Gasteiger charge is 2.32. The topological polar surface area (TPSA) is 71.8 Å². The van der Waals surface area contributed by atoms with Crippen molar-refractivity contribution in [2.24, 2.45) is 0 Å². The number of alkyl halides is 6. The van der Waals surface area contributed by atoms with Crippen molar-refractivity contribution in [2.75, 3.05) is 6.61 Å². The molecule has 0 bridgehead atoms. The lowest BCUT2D eigenvalue weighted by atomic mass is 10.2. The van der Waals surface area contributed by atoms with Gasteiger partial charge in [-0.05, 0) is 87.5 Å². The number of benzene rings is 3. The van der Waals surface area contributed by atoms with Gasteiger partial charge in [-0.2, -0.15) is 31.3 Å². The van der Waals surface area contributed by atoms with Crippen molar-refractivity contribution < 1.29 is 50.1 Å². The summed E-state index contributed by atoms with van der Waals surface area (Å²) in [6, 6.07) is 17.6. The number of carbonyl (C=O) groups excluding carboxylic acids is 1. The Hall–Kier alpha value is -5.20. The number of carbonyl (C=O) groups is 1. The molecule has 5 rings (SSSR count). The summed E-state index contributed by atoms with van der Waals surface area (Å²) in [5.74, 6) is -1.17. The van der Waals surface area contributed by atoms with E-state index in [2.05, 4.69) is 4.98 Å². The smallest absolute Gasteiger partial charge is 0.416 e. The van der Waals surface area contributed by atoms with E-state index in [1.807, 2.05) is 13.8 Å². The van der Waals surface area contributed by atoms with Crippen molar-refractivity contribution in [1.29, 1.82) is 0 Å². The zero-order chi connectivity index (χ0) is 33.2. The zero-order valence-electron chi connectivity index (χ0n) is 24.6. The average Bonchev–Trinajstić information content (AvgIpc) is 3.37. The third kappa shape index (κ3) is 7.19. The summed E-state index contributed by atoms with van der Waals surface area (Å²) in [5.41, 5.74) is -1.24. The molecule has 2 aromatic heterocycles. The van der Waals surface area contributed by atoms with E-state index in [9.17, 15) is 31.1 Å². The van der Waals surface area contributed by atoms with Crippen molar-refractivity contribution in [3.8, 4) is 34.7 Å². The molecule has 0 spiro atoms. The second kappa shape index (κ2) is 12.7. The summed E-state index contributed by atoms with van der Waals surface area (Å²) in [6.45, 7) is 5.37. The van der Waals surface area contributed by atoms with E-state index in [1.54, 1.807) is 31.2 Å². The van der Waals surface area contributed by atoms with Crippen LogP contribution in [0.1, 0.15) is 42.4 Å². The first-order chi connectivity index (χ1) is 21.7. The van der Waals surface area contributed by atoms with E-state index in [-0.39, 0.29) is 52.6 Å². The van der Waals surface area contributed by atoms with Crippen LogP contribution in [-0.2, 0) is 17.1 Å². The first kappa shape index (κ1) is 32.2. The average molecular weight is 645 g/mol. The van der Waals surface area contributed by atoms with E-state index >= 15 is 0 Å². The van der Waals surface area contributed by atoms with Crippen molar-refractivity contribution >= 4 is 16.9 Å². The molecule has 0 saturated carbocycles. The van der Waals surface area contributed by atoms with Crippen LogP contribution in [0.25, 0.3) is 16.6 Å². The standard InChI is InChI=1S/C33H26F6N2O5/c1-4-43-31(42)28-17-26-27(41(28)22-11-13-23(14-12-22)44-19(2)3)18-29(45-24-9-5-7-20(15-24)32(34,35)36)40-30(26)46-25-10-6-8-21(16-25)33(37,38)39/h5-19H,4H2,1-3H3.